The SMILES string of the molecule is CCCCCCCCCCCCC(I)CC(F)(F)C(F)(F)C(F)(F)C(F)(F)C(F)(F)C(F)(F)F. The molecule has 0 aliphatic heterocycles. The lowest BCUT2D eigenvalue weighted by Crippen LogP contribution is -2.70. The number of halogens is 14. The van der Waals surface area contributed by atoms with E-state index in [1.54, 1.807) is 0 Å². The maximum Gasteiger partial charge on any atom is 0.460 e. The molecule has 0 radical (unpaired) electrons. The van der Waals surface area contributed by atoms with Crippen LogP contribution in [-0.4, -0.2) is 39.7 Å². The third kappa shape index (κ3) is 7.91. The molecule has 0 rings (SSSR count). The van der Waals surface area contributed by atoms with Gasteiger partial charge in [0.1, 0.15) is 0 Å². The van der Waals surface area contributed by atoms with E-state index in [1.807, 2.05) is 0 Å². The summed E-state index contributed by atoms with van der Waals surface area (Å²) in [6.45, 7) is 2.07. The van der Waals surface area contributed by atoms with Gasteiger partial charge in [0.05, 0.1) is 0 Å². The normalized spacial score (nSPS) is 15.6. The van der Waals surface area contributed by atoms with Gasteiger partial charge < -0.3 is 0 Å². The number of rotatable bonds is 17. The van der Waals surface area contributed by atoms with Gasteiger partial charge in [-0.25, -0.2) is 0 Å². The number of hydrogen-bond donors (Lipinski definition) is 0. The highest BCUT2D eigenvalue weighted by atomic mass is 127. The van der Waals surface area contributed by atoms with Crippen LogP contribution in [0.4, 0.5) is 57.1 Å². The van der Waals surface area contributed by atoms with Gasteiger partial charge in [0.2, 0.25) is 0 Å². The quantitative estimate of drug-likeness (QED) is 0.0642. The van der Waals surface area contributed by atoms with Crippen molar-refractivity contribution in [3.8, 4) is 0 Å². The van der Waals surface area contributed by atoms with Crippen molar-refractivity contribution in [1.29, 1.82) is 0 Å². The molecule has 0 nitrogen and oxygen atoms in total. The van der Waals surface area contributed by atoms with Crippen molar-refractivity contribution >= 4 is 22.6 Å². The first-order valence-corrected chi connectivity index (χ1v) is 12.0. The topological polar surface area (TPSA) is 0 Å². The Balaban J connectivity index is 4.93. The zero-order valence-electron chi connectivity index (χ0n) is 18.4. The van der Waals surface area contributed by atoms with Crippen molar-refractivity contribution in [2.24, 2.45) is 0 Å². The molecule has 0 spiro atoms. The van der Waals surface area contributed by atoms with Crippen LogP contribution in [0.5, 0.6) is 0 Å². The lowest BCUT2D eigenvalue weighted by atomic mass is 9.91. The minimum absolute atomic E-state index is 0.191. The van der Waals surface area contributed by atoms with Gasteiger partial charge in [-0.1, -0.05) is 93.7 Å². The van der Waals surface area contributed by atoms with E-state index < -0.39 is 46.1 Å². The maximum absolute atomic E-state index is 13.9. The molecule has 0 aromatic rings. The van der Waals surface area contributed by atoms with Gasteiger partial charge in [-0.05, 0) is 6.42 Å². The highest BCUT2D eigenvalue weighted by Gasteiger charge is 2.90. The number of hydrogen-bond acceptors (Lipinski definition) is 0. The van der Waals surface area contributed by atoms with Crippen LogP contribution in [-0.2, 0) is 0 Å². The van der Waals surface area contributed by atoms with E-state index in [2.05, 4.69) is 6.92 Å². The summed E-state index contributed by atoms with van der Waals surface area (Å²) in [6, 6.07) is 0. The molecule has 0 saturated heterocycles. The maximum atomic E-state index is 13.9. The average molecular weight is 642 g/mol. The summed E-state index contributed by atoms with van der Waals surface area (Å²) in [5.74, 6) is -36.4. The minimum Gasteiger partial charge on any atom is -0.200 e. The van der Waals surface area contributed by atoms with Gasteiger partial charge in [0.25, 0.3) is 0 Å². The lowest BCUT2D eigenvalue weighted by molar-refractivity contribution is -0.440. The van der Waals surface area contributed by atoms with E-state index in [4.69, 9.17) is 0 Å². The Hall–Kier alpha value is -0.180. The molecule has 0 aliphatic carbocycles. The summed E-state index contributed by atoms with van der Waals surface area (Å²) >= 11 is 1.20. The van der Waals surface area contributed by atoms with E-state index >= 15 is 0 Å². The van der Waals surface area contributed by atoms with Gasteiger partial charge in [-0.2, -0.15) is 57.1 Å². The molecule has 0 aromatic heterocycles. The lowest BCUT2D eigenvalue weighted by Gasteiger charge is -2.40. The number of unbranched alkanes of at least 4 members (excludes halogenated alkanes) is 9. The fourth-order valence-corrected chi connectivity index (χ4v) is 4.16. The fourth-order valence-electron chi connectivity index (χ4n) is 3.16. The first-order valence-electron chi connectivity index (χ1n) is 10.8. The molecule has 0 fully saturated rings. The molecule has 0 heterocycles. The summed E-state index contributed by atoms with van der Waals surface area (Å²) < 4.78 is 169. The third-order valence-corrected chi connectivity index (χ3v) is 6.41. The smallest absolute Gasteiger partial charge is 0.200 e. The van der Waals surface area contributed by atoms with E-state index in [1.165, 1.54) is 22.6 Å². The molecule has 34 heavy (non-hydrogen) atoms. The van der Waals surface area contributed by atoms with Crippen molar-refractivity contribution in [2.75, 3.05) is 0 Å². The first-order chi connectivity index (χ1) is 15.2. The number of alkyl halides is 14. The summed E-state index contributed by atoms with van der Waals surface area (Å²) in [7, 11) is 0. The van der Waals surface area contributed by atoms with Gasteiger partial charge in [-0.15, -0.1) is 0 Å². The minimum atomic E-state index is -7.83. The fraction of sp³-hybridized carbons (Fsp3) is 1.00. The molecule has 0 aliphatic rings. The zero-order chi connectivity index (χ0) is 27.1. The second-order valence-corrected chi connectivity index (χ2v) is 10.0. The van der Waals surface area contributed by atoms with Crippen LogP contribution >= 0.6 is 22.6 Å². The summed E-state index contributed by atoms with van der Waals surface area (Å²) in [4.78, 5) is 0. The van der Waals surface area contributed by atoms with Gasteiger partial charge >= 0.3 is 35.8 Å². The zero-order valence-corrected chi connectivity index (χ0v) is 20.5. The predicted octanol–water partition coefficient (Wildman–Crippen LogP) is 10.2. The first kappa shape index (κ1) is 33.8. The third-order valence-electron chi connectivity index (χ3n) is 5.35. The molecule has 1 atom stereocenters. The van der Waals surface area contributed by atoms with Crippen LogP contribution in [0.3, 0.4) is 0 Å². The van der Waals surface area contributed by atoms with Crippen molar-refractivity contribution in [3.05, 3.63) is 0 Å². The Morgan fingerprint density at radius 3 is 1.24 bits per heavy atom. The molecule has 1 unspecified atom stereocenters. The molecule has 0 bridgehead atoms. The van der Waals surface area contributed by atoms with Crippen LogP contribution in [0.15, 0.2) is 0 Å². The Morgan fingerprint density at radius 1 is 0.500 bits per heavy atom. The molecule has 0 saturated carbocycles. The van der Waals surface area contributed by atoms with Crippen LogP contribution < -0.4 is 0 Å². The van der Waals surface area contributed by atoms with Gasteiger partial charge in [-0.3, -0.25) is 0 Å². The Kier molecular flexibility index (Phi) is 12.8. The van der Waals surface area contributed by atoms with Gasteiger partial charge in [0, 0.05) is 10.3 Å². The molecule has 0 N–H and O–H groups in total. The molecule has 0 amide bonds. The Morgan fingerprint density at radius 2 is 0.853 bits per heavy atom. The molecule has 0 aromatic carbocycles. The highest BCUT2D eigenvalue weighted by molar-refractivity contribution is 14.1. The van der Waals surface area contributed by atoms with E-state index in [0.717, 1.165) is 44.9 Å². The van der Waals surface area contributed by atoms with E-state index in [0.29, 0.717) is 12.8 Å². The van der Waals surface area contributed by atoms with Crippen LogP contribution in [0, 0.1) is 0 Å². The standard InChI is InChI=1S/C20H28F13I/c1-2-3-4-5-6-7-8-9-10-11-12-14(34)13-15(21,22)16(23,24)17(25,26)18(27,28)19(29,30)20(31,32)33/h14H,2-13H2,1H3. The summed E-state index contributed by atoms with van der Waals surface area (Å²) in [5, 5.41) is 0. The largest absolute Gasteiger partial charge is 0.460 e. The summed E-state index contributed by atoms with van der Waals surface area (Å²) in [5.41, 5.74) is 0. The van der Waals surface area contributed by atoms with Gasteiger partial charge in [0.15, 0.2) is 0 Å². The van der Waals surface area contributed by atoms with Crippen molar-refractivity contribution < 1.29 is 57.1 Å². The molecule has 14 heteroatoms. The van der Waals surface area contributed by atoms with Crippen LogP contribution in [0.2, 0.25) is 0 Å². The molecular weight excluding hydrogens is 614 g/mol. The van der Waals surface area contributed by atoms with E-state index in [-0.39, 0.29) is 12.8 Å². The Bertz CT molecular complexity index is 588. The van der Waals surface area contributed by atoms with Crippen molar-refractivity contribution in [3.63, 3.8) is 0 Å². The second-order valence-electron chi connectivity index (χ2n) is 8.27. The van der Waals surface area contributed by atoms with Crippen molar-refractivity contribution in [1.82, 2.24) is 0 Å². The van der Waals surface area contributed by atoms with Crippen LogP contribution in [0.25, 0.3) is 0 Å². The van der Waals surface area contributed by atoms with Crippen LogP contribution in [0.1, 0.15) is 84.0 Å². The van der Waals surface area contributed by atoms with E-state index in [9.17, 15) is 57.1 Å². The monoisotopic (exact) mass is 642 g/mol. The molecule has 206 valence electrons. The van der Waals surface area contributed by atoms with Crippen molar-refractivity contribution in [2.45, 2.75) is 124 Å². The Labute approximate surface area is 203 Å². The summed E-state index contributed by atoms with van der Waals surface area (Å²) in [6.07, 6.45) is -1.05. The highest BCUT2D eigenvalue weighted by Crippen LogP contribution is 2.61. The molecular formula is C20H28F13I. The predicted molar refractivity (Wildman–Crippen MR) is 110 cm³/mol. The second kappa shape index (κ2) is 12.9. The average Bonchev–Trinajstić information content (AvgIpc) is 2.67.